The Balaban J connectivity index is 2.66. The summed E-state index contributed by atoms with van der Waals surface area (Å²) in [7, 11) is 1.76. The number of carbonyl (C=O) groups is 1. The molecule has 88 valence electrons. The number of rotatable bonds is 4. The van der Waals surface area contributed by atoms with Crippen molar-refractivity contribution in [3.8, 4) is 0 Å². The van der Waals surface area contributed by atoms with E-state index in [1.165, 1.54) is 0 Å². The van der Waals surface area contributed by atoms with Gasteiger partial charge in [-0.25, -0.2) is 0 Å². The summed E-state index contributed by atoms with van der Waals surface area (Å²) in [6.07, 6.45) is 4.09. The summed E-state index contributed by atoms with van der Waals surface area (Å²) in [6.45, 7) is 4.21. The molecule has 16 heavy (non-hydrogen) atoms. The predicted octanol–water partition coefficient (Wildman–Crippen LogP) is 1.17. The Labute approximate surface area is 96.5 Å². The van der Waals surface area contributed by atoms with Gasteiger partial charge in [0.2, 0.25) is 5.91 Å². The van der Waals surface area contributed by atoms with Crippen LogP contribution in [0.2, 0.25) is 0 Å². The van der Waals surface area contributed by atoms with Crippen molar-refractivity contribution >= 4 is 5.91 Å². The van der Waals surface area contributed by atoms with E-state index in [2.05, 4.69) is 4.98 Å². The molecule has 2 N–H and O–H groups in total. The highest BCUT2D eigenvalue weighted by Crippen LogP contribution is 2.11. The number of carbonyl (C=O) groups excluding carboxylic acids is 1. The van der Waals surface area contributed by atoms with Gasteiger partial charge in [-0.1, -0.05) is 13.0 Å². The van der Waals surface area contributed by atoms with Crippen LogP contribution in [-0.4, -0.2) is 28.4 Å². The third-order valence-corrected chi connectivity index (χ3v) is 2.71. The van der Waals surface area contributed by atoms with Gasteiger partial charge in [0.1, 0.15) is 0 Å². The fourth-order valence-electron chi connectivity index (χ4n) is 1.42. The Kier molecular flexibility index (Phi) is 4.01. The lowest BCUT2D eigenvalue weighted by molar-refractivity contribution is -0.135. The number of likely N-dealkylation sites (N-methyl/N-ethyl adjacent to an activating group) is 1. The molecule has 4 nitrogen and oxygen atoms in total. The van der Waals surface area contributed by atoms with Gasteiger partial charge < -0.3 is 10.6 Å². The molecule has 0 aromatic carbocycles. The first-order chi connectivity index (χ1) is 7.47. The molecular weight excluding hydrogens is 202 g/mol. The lowest BCUT2D eigenvalue weighted by Crippen LogP contribution is -2.51. The fourth-order valence-corrected chi connectivity index (χ4v) is 1.42. The molecule has 1 aromatic rings. The minimum Gasteiger partial charge on any atom is -0.340 e. The Morgan fingerprint density at radius 2 is 2.31 bits per heavy atom. The minimum absolute atomic E-state index is 0.0427. The van der Waals surface area contributed by atoms with Crippen LogP contribution in [0.1, 0.15) is 25.8 Å². The molecule has 1 aromatic heterocycles. The van der Waals surface area contributed by atoms with Crippen molar-refractivity contribution in [2.45, 2.75) is 32.4 Å². The highest BCUT2D eigenvalue weighted by Gasteiger charge is 2.28. The van der Waals surface area contributed by atoms with Crippen LogP contribution in [0, 0.1) is 0 Å². The number of amides is 1. The van der Waals surface area contributed by atoms with Gasteiger partial charge in [-0.3, -0.25) is 9.78 Å². The number of hydrogen-bond donors (Lipinski definition) is 1. The van der Waals surface area contributed by atoms with Crippen LogP contribution in [0.15, 0.2) is 24.5 Å². The molecule has 4 heteroatoms. The summed E-state index contributed by atoms with van der Waals surface area (Å²) >= 11 is 0. The van der Waals surface area contributed by atoms with Crippen molar-refractivity contribution in [2.24, 2.45) is 5.73 Å². The lowest BCUT2D eigenvalue weighted by Gasteiger charge is -2.28. The summed E-state index contributed by atoms with van der Waals surface area (Å²) in [5, 5.41) is 0. The van der Waals surface area contributed by atoms with Crippen LogP contribution in [0.25, 0.3) is 0 Å². The quantitative estimate of drug-likeness (QED) is 0.830. The Morgan fingerprint density at radius 3 is 2.81 bits per heavy atom. The average molecular weight is 221 g/mol. The maximum Gasteiger partial charge on any atom is 0.242 e. The molecule has 0 radical (unpaired) electrons. The van der Waals surface area contributed by atoms with Crippen molar-refractivity contribution in [2.75, 3.05) is 7.05 Å². The van der Waals surface area contributed by atoms with E-state index in [-0.39, 0.29) is 5.91 Å². The molecule has 0 aliphatic rings. The van der Waals surface area contributed by atoms with Crippen LogP contribution in [0.5, 0.6) is 0 Å². The highest BCUT2D eigenvalue weighted by molar-refractivity contribution is 5.85. The van der Waals surface area contributed by atoms with E-state index in [4.69, 9.17) is 5.73 Å². The van der Waals surface area contributed by atoms with Gasteiger partial charge in [0, 0.05) is 26.0 Å². The van der Waals surface area contributed by atoms with E-state index in [0.29, 0.717) is 13.0 Å². The fraction of sp³-hybridized carbons (Fsp3) is 0.500. The first kappa shape index (κ1) is 12.6. The smallest absolute Gasteiger partial charge is 0.242 e. The molecule has 0 saturated carbocycles. The summed E-state index contributed by atoms with van der Waals surface area (Å²) in [4.78, 5) is 17.6. The number of aromatic nitrogens is 1. The second-order valence-electron chi connectivity index (χ2n) is 4.29. The number of pyridine rings is 1. The molecule has 1 heterocycles. The first-order valence-electron chi connectivity index (χ1n) is 5.40. The summed E-state index contributed by atoms with van der Waals surface area (Å²) in [6, 6.07) is 3.80. The van der Waals surface area contributed by atoms with Gasteiger partial charge in [-0.2, -0.15) is 0 Å². The van der Waals surface area contributed by atoms with E-state index in [9.17, 15) is 4.79 Å². The molecule has 0 fully saturated rings. The lowest BCUT2D eigenvalue weighted by atomic mass is 9.98. The molecule has 0 saturated heterocycles. The Bertz CT molecular complexity index is 349. The SMILES string of the molecule is CCC(C)(N)C(=O)N(C)Cc1cccnc1. The van der Waals surface area contributed by atoms with Crippen molar-refractivity contribution in [3.63, 3.8) is 0 Å². The van der Waals surface area contributed by atoms with E-state index in [1.54, 1.807) is 31.3 Å². The van der Waals surface area contributed by atoms with Crippen LogP contribution in [-0.2, 0) is 11.3 Å². The zero-order valence-corrected chi connectivity index (χ0v) is 10.1. The van der Waals surface area contributed by atoms with Gasteiger partial charge in [0.15, 0.2) is 0 Å². The molecule has 1 rings (SSSR count). The van der Waals surface area contributed by atoms with Crippen molar-refractivity contribution < 1.29 is 4.79 Å². The highest BCUT2D eigenvalue weighted by atomic mass is 16.2. The van der Waals surface area contributed by atoms with Crippen LogP contribution >= 0.6 is 0 Å². The number of nitrogens with two attached hydrogens (primary N) is 1. The van der Waals surface area contributed by atoms with Gasteiger partial charge in [0.25, 0.3) is 0 Å². The summed E-state index contributed by atoms with van der Waals surface area (Å²) in [5.74, 6) is -0.0427. The molecule has 0 aliphatic heterocycles. The van der Waals surface area contributed by atoms with Gasteiger partial charge in [-0.15, -0.1) is 0 Å². The van der Waals surface area contributed by atoms with Gasteiger partial charge in [-0.05, 0) is 25.0 Å². The van der Waals surface area contributed by atoms with E-state index >= 15 is 0 Å². The molecule has 1 unspecified atom stereocenters. The van der Waals surface area contributed by atoms with Gasteiger partial charge >= 0.3 is 0 Å². The molecular formula is C12H19N3O. The molecule has 1 amide bonds. The van der Waals surface area contributed by atoms with Crippen molar-refractivity contribution in [1.29, 1.82) is 0 Å². The molecule has 0 bridgehead atoms. The topological polar surface area (TPSA) is 59.2 Å². The van der Waals surface area contributed by atoms with E-state index < -0.39 is 5.54 Å². The van der Waals surface area contributed by atoms with Gasteiger partial charge in [0.05, 0.1) is 5.54 Å². The Hall–Kier alpha value is -1.42. The normalized spacial score (nSPS) is 14.2. The number of hydrogen-bond acceptors (Lipinski definition) is 3. The monoisotopic (exact) mass is 221 g/mol. The van der Waals surface area contributed by atoms with Crippen LogP contribution < -0.4 is 5.73 Å². The first-order valence-corrected chi connectivity index (χ1v) is 5.40. The summed E-state index contributed by atoms with van der Waals surface area (Å²) in [5.41, 5.74) is 6.13. The van der Waals surface area contributed by atoms with E-state index in [1.807, 2.05) is 19.1 Å². The zero-order chi connectivity index (χ0) is 12.2. The van der Waals surface area contributed by atoms with Crippen LogP contribution in [0.3, 0.4) is 0 Å². The third-order valence-electron chi connectivity index (χ3n) is 2.71. The Morgan fingerprint density at radius 1 is 1.62 bits per heavy atom. The predicted molar refractivity (Wildman–Crippen MR) is 63.6 cm³/mol. The minimum atomic E-state index is -0.781. The average Bonchev–Trinajstić information content (AvgIpc) is 2.29. The van der Waals surface area contributed by atoms with Crippen molar-refractivity contribution in [1.82, 2.24) is 9.88 Å². The molecule has 0 spiro atoms. The second kappa shape index (κ2) is 5.07. The second-order valence-corrected chi connectivity index (χ2v) is 4.29. The third kappa shape index (κ3) is 3.03. The van der Waals surface area contributed by atoms with E-state index in [0.717, 1.165) is 5.56 Å². The largest absolute Gasteiger partial charge is 0.340 e. The van der Waals surface area contributed by atoms with Crippen molar-refractivity contribution in [3.05, 3.63) is 30.1 Å². The standard InChI is InChI=1S/C12H19N3O/c1-4-12(2,13)11(16)15(3)9-10-6-5-7-14-8-10/h5-8H,4,9,13H2,1-3H3. The maximum atomic E-state index is 12.0. The number of nitrogens with zero attached hydrogens (tertiary/aromatic N) is 2. The molecule has 0 aliphatic carbocycles. The summed E-state index contributed by atoms with van der Waals surface area (Å²) < 4.78 is 0. The zero-order valence-electron chi connectivity index (χ0n) is 10.1. The maximum absolute atomic E-state index is 12.0. The molecule has 1 atom stereocenters. The van der Waals surface area contributed by atoms with Crippen LogP contribution in [0.4, 0.5) is 0 Å².